The van der Waals surface area contributed by atoms with Gasteiger partial charge in [-0.25, -0.2) is 0 Å². The summed E-state index contributed by atoms with van der Waals surface area (Å²) in [5.74, 6) is -0.524. The molecule has 58 valence electrons. The van der Waals surface area contributed by atoms with Crippen molar-refractivity contribution in [2.75, 3.05) is 7.11 Å². The molecule has 0 aliphatic heterocycles. The number of methoxy groups -OCH3 is 1. The van der Waals surface area contributed by atoms with Crippen LogP contribution >= 0.6 is 12.6 Å². The van der Waals surface area contributed by atoms with Gasteiger partial charge in [0, 0.05) is 6.42 Å². The summed E-state index contributed by atoms with van der Waals surface area (Å²) >= 11 is 3.85. The van der Waals surface area contributed by atoms with E-state index in [1.807, 2.05) is 0 Å². The van der Waals surface area contributed by atoms with Crippen LogP contribution in [0.15, 0.2) is 0 Å². The van der Waals surface area contributed by atoms with Crippen molar-refractivity contribution in [2.45, 2.75) is 18.6 Å². The van der Waals surface area contributed by atoms with E-state index in [4.69, 9.17) is 0 Å². The zero-order chi connectivity index (χ0) is 8.15. The van der Waals surface area contributed by atoms with Gasteiger partial charge in [0.05, 0.1) is 7.11 Å². The van der Waals surface area contributed by atoms with Crippen LogP contribution in [-0.2, 0) is 14.3 Å². The predicted octanol–water partition coefficient (Wildman–Crippen LogP) is 0.437. The standard InChI is InChI=1S/C6H10O3S/c1-4(7)3-5(10)6(8)9-2/h5,10H,3H2,1-2H3. The second-order valence-electron chi connectivity index (χ2n) is 1.95. The lowest BCUT2D eigenvalue weighted by Crippen LogP contribution is -2.18. The Bertz CT molecular complexity index is 144. The monoisotopic (exact) mass is 162 g/mol. The van der Waals surface area contributed by atoms with Crippen LogP contribution in [0, 0.1) is 0 Å². The smallest absolute Gasteiger partial charge is 0.318 e. The first-order valence-corrected chi connectivity index (χ1v) is 3.35. The average molecular weight is 162 g/mol. The highest BCUT2D eigenvalue weighted by atomic mass is 32.1. The lowest BCUT2D eigenvalue weighted by atomic mass is 10.2. The number of carbonyl (C=O) groups is 2. The van der Waals surface area contributed by atoms with E-state index in [0.717, 1.165) is 0 Å². The highest BCUT2D eigenvalue weighted by Crippen LogP contribution is 2.03. The zero-order valence-electron chi connectivity index (χ0n) is 5.96. The van der Waals surface area contributed by atoms with Crippen LogP contribution in [0.2, 0.25) is 0 Å². The normalized spacial score (nSPS) is 12.3. The summed E-state index contributed by atoms with van der Waals surface area (Å²) in [6, 6.07) is 0. The molecule has 0 rings (SSSR count). The van der Waals surface area contributed by atoms with Crippen LogP contribution in [0.4, 0.5) is 0 Å². The third-order valence-electron chi connectivity index (χ3n) is 0.954. The SMILES string of the molecule is COC(=O)C(S)CC(C)=O. The number of esters is 1. The molecule has 0 N–H and O–H groups in total. The molecule has 1 atom stereocenters. The Morgan fingerprint density at radius 2 is 2.10 bits per heavy atom. The largest absolute Gasteiger partial charge is 0.468 e. The number of ketones is 1. The van der Waals surface area contributed by atoms with Crippen molar-refractivity contribution in [1.82, 2.24) is 0 Å². The quantitative estimate of drug-likeness (QED) is 0.483. The van der Waals surface area contributed by atoms with Crippen LogP contribution in [0.25, 0.3) is 0 Å². The van der Waals surface area contributed by atoms with E-state index in [9.17, 15) is 9.59 Å². The first-order chi connectivity index (χ1) is 4.57. The molecule has 10 heavy (non-hydrogen) atoms. The molecule has 0 aromatic rings. The van der Waals surface area contributed by atoms with Crippen LogP contribution < -0.4 is 0 Å². The van der Waals surface area contributed by atoms with Gasteiger partial charge in [0.2, 0.25) is 0 Å². The minimum Gasteiger partial charge on any atom is -0.468 e. The van der Waals surface area contributed by atoms with Crippen molar-refractivity contribution in [1.29, 1.82) is 0 Å². The summed E-state index contributed by atoms with van der Waals surface area (Å²) in [6.07, 6.45) is 0.135. The fraction of sp³-hybridized carbons (Fsp3) is 0.667. The van der Waals surface area contributed by atoms with Gasteiger partial charge in [-0.05, 0) is 6.92 Å². The maximum atomic E-state index is 10.6. The number of Topliss-reactive ketones (excluding diaryl/α,β-unsaturated/α-hetero) is 1. The second-order valence-corrected chi connectivity index (χ2v) is 2.57. The molecule has 0 heterocycles. The van der Waals surface area contributed by atoms with Crippen molar-refractivity contribution in [3.8, 4) is 0 Å². The van der Waals surface area contributed by atoms with Gasteiger partial charge >= 0.3 is 5.97 Å². The van der Waals surface area contributed by atoms with E-state index in [1.54, 1.807) is 0 Å². The van der Waals surface area contributed by atoms with Gasteiger partial charge in [-0.2, -0.15) is 12.6 Å². The zero-order valence-corrected chi connectivity index (χ0v) is 6.85. The molecule has 0 aliphatic carbocycles. The molecule has 0 bridgehead atoms. The molecule has 0 aromatic carbocycles. The Kier molecular flexibility index (Phi) is 4.11. The minimum absolute atomic E-state index is 0.0644. The van der Waals surface area contributed by atoms with Gasteiger partial charge in [-0.3, -0.25) is 9.59 Å². The molecule has 0 aromatic heterocycles. The lowest BCUT2D eigenvalue weighted by molar-refractivity contribution is -0.141. The summed E-state index contributed by atoms with van der Waals surface area (Å²) in [6.45, 7) is 1.41. The Labute approximate surface area is 65.2 Å². The van der Waals surface area contributed by atoms with Gasteiger partial charge in [0.15, 0.2) is 0 Å². The van der Waals surface area contributed by atoms with Crippen molar-refractivity contribution in [2.24, 2.45) is 0 Å². The third-order valence-corrected chi connectivity index (χ3v) is 1.35. The number of thiol groups is 1. The van der Waals surface area contributed by atoms with E-state index in [2.05, 4.69) is 17.4 Å². The van der Waals surface area contributed by atoms with Gasteiger partial charge in [-0.1, -0.05) is 0 Å². The Balaban J connectivity index is 3.72. The average Bonchev–Trinajstić information content (AvgIpc) is 1.85. The van der Waals surface area contributed by atoms with Crippen LogP contribution in [0.3, 0.4) is 0 Å². The summed E-state index contributed by atoms with van der Waals surface area (Å²) in [7, 11) is 1.27. The highest BCUT2D eigenvalue weighted by molar-refractivity contribution is 7.81. The summed E-state index contributed by atoms with van der Waals surface area (Å²) < 4.78 is 4.35. The fourth-order valence-electron chi connectivity index (χ4n) is 0.492. The molecule has 0 saturated carbocycles. The van der Waals surface area contributed by atoms with E-state index in [1.165, 1.54) is 14.0 Å². The Morgan fingerprint density at radius 3 is 2.40 bits per heavy atom. The van der Waals surface area contributed by atoms with Crippen molar-refractivity contribution in [3.05, 3.63) is 0 Å². The molecule has 0 amide bonds. The maximum Gasteiger partial charge on any atom is 0.318 e. The van der Waals surface area contributed by atoms with E-state index in [-0.39, 0.29) is 12.2 Å². The lowest BCUT2D eigenvalue weighted by Gasteiger charge is -2.03. The summed E-state index contributed by atoms with van der Waals surface area (Å²) in [4.78, 5) is 21.0. The fourth-order valence-corrected chi connectivity index (χ4v) is 0.854. The molecule has 3 nitrogen and oxygen atoms in total. The first-order valence-electron chi connectivity index (χ1n) is 2.83. The molecule has 0 saturated heterocycles. The van der Waals surface area contributed by atoms with Crippen molar-refractivity contribution < 1.29 is 14.3 Å². The highest BCUT2D eigenvalue weighted by Gasteiger charge is 2.15. The van der Waals surface area contributed by atoms with Crippen molar-refractivity contribution in [3.63, 3.8) is 0 Å². The van der Waals surface area contributed by atoms with Crippen LogP contribution in [0.5, 0.6) is 0 Å². The van der Waals surface area contributed by atoms with Gasteiger partial charge in [0.25, 0.3) is 0 Å². The molecule has 0 spiro atoms. The molecular weight excluding hydrogens is 152 g/mol. The number of rotatable bonds is 3. The Hall–Kier alpha value is -0.510. The number of ether oxygens (including phenoxy) is 1. The maximum absolute atomic E-state index is 10.6. The molecular formula is C6H10O3S. The number of hydrogen-bond donors (Lipinski definition) is 1. The molecule has 0 radical (unpaired) electrons. The van der Waals surface area contributed by atoms with Crippen molar-refractivity contribution >= 4 is 24.4 Å². The first kappa shape index (κ1) is 9.49. The third kappa shape index (κ3) is 3.50. The summed E-state index contributed by atoms with van der Waals surface area (Å²) in [5, 5.41) is -0.609. The van der Waals surface area contributed by atoms with E-state index < -0.39 is 11.2 Å². The minimum atomic E-state index is -0.609. The predicted molar refractivity (Wildman–Crippen MR) is 40.1 cm³/mol. The van der Waals surface area contributed by atoms with E-state index in [0.29, 0.717) is 0 Å². The Morgan fingerprint density at radius 1 is 1.60 bits per heavy atom. The molecule has 1 unspecified atom stereocenters. The van der Waals surface area contributed by atoms with Gasteiger partial charge in [0.1, 0.15) is 11.0 Å². The number of carbonyl (C=O) groups excluding carboxylic acids is 2. The molecule has 0 aliphatic rings. The second kappa shape index (κ2) is 4.33. The van der Waals surface area contributed by atoms with Gasteiger partial charge < -0.3 is 4.74 Å². The topological polar surface area (TPSA) is 43.4 Å². The van der Waals surface area contributed by atoms with Gasteiger partial charge in [-0.15, -0.1) is 0 Å². The summed E-state index contributed by atoms with van der Waals surface area (Å²) in [5.41, 5.74) is 0. The molecule has 4 heteroatoms. The van der Waals surface area contributed by atoms with Crippen LogP contribution in [0.1, 0.15) is 13.3 Å². The van der Waals surface area contributed by atoms with Crippen LogP contribution in [-0.4, -0.2) is 24.1 Å². The molecule has 0 fully saturated rings. The van der Waals surface area contributed by atoms with E-state index >= 15 is 0 Å². The number of hydrogen-bond acceptors (Lipinski definition) is 4.